The van der Waals surface area contributed by atoms with Gasteiger partial charge in [0.25, 0.3) is 11.8 Å². The maximum absolute atomic E-state index is 12.6. The van der Waals surface area contributed by atoms with Crippen molar-refractivity contribution in [2.24, 2.45) is 5.92 Å². The van der Waals surface area contributed by atoms with Crippen LogP contribution < -0.4 is 15.4 Å². The lowest BCUT2D eigenvalue weighted by Crippen LogP contribution is -2.35. The van der Waals surface area contributed by atoms with E-state index >= 15 is 0 Å². The van der Waals surface area contributed by atoms with Crippen molar-refractivity contribution in [2.45, 2.75) is 52.6 Å². The predicted molar refractivity (Wildman–Crippen MR) is 135 cm³/mol. The quantitative estimate of drug-likeness (QED) is 0.387. The number of aryl methyl sites for hydroxylation is 2. The average molecular weight is 501 g/mol. The number of rotatable bonds is 9. The molecule has 2 aromatic rings. The van der Waals surface area contributed by atoms with Gasteiger partial charge in [0.1, 0.15) is 5.75 Å². The lowest BCUT2D eigenvalue weighted by Gasteiger charge is -2.28. The molecule has 1 aliphatic carbocycles. The molecule has 2 N–H and O–H groups in total. The minimum absolute atomic E-state index is 0.0392. The van der Waals surface area contributed by atoms with Crippen molar-refractivity contribution in [2.75, 3.05) is 19.7 Å². The van der Waals surface area contributed by atoms with E-state index in [0.717, 1.165) is 36.8 Å². The van der Waals surface area contributed by atoms with E-state index in [9.17, 15) is 14.4 Å². The molecule has 0 unspecified atom stereocenters. The Labute approximate surface area is 211 Å². The van der Waals surface area contributed by atoms with Gasteiger partial charge in [-0.25, -0.2) is 0 Å². The topological polar surface area (TPSA) is 93.7 Å². The van der Waals surface area contributed by atoms with E-state index in [1.165, 1.54) is 0 Å². The third kappa shape index (κ3) is 7.46. The zero-order chi connectivity index (χ0) is 25.4. The first kappa shape index (κ1) is 26.5. The van der Waals surface area contributed by atoms with Crippen LogP contribution in [0, 0.1) is 19.8 Å². The summed E-state index contributed by atoms with van der Waals surface area (Å²) in [6, 6.07) is 10.5. The first-order valence-corrected chi connectivity index (χ1v) is 12.4. The maximum atomic E-state index is 12.6. The Morgan fingerprint density at radius 3 is 2.23 bits per heavy atom. The molecule has 0 aliphatic heterocycles. The molecule has 188 valence electrons. The monoisotopic (exact) mass is 500 g/mol. The van der Waals surface area contributed by atoms with Crippen molar-refractivity contribution < 1.29 is 23.9 Å². The Hall–Kier alpha value is -3.06. The largest absolute Gasteiger partial charge is 0.490 e. The summed E-state index contributed by atoms with van der Waals surface area (Å²) in [6.45, 7) is 6.55. The fraction of sp³-hybridized carbons (Fsp3) is 0.444. The second kappa shape index (κ2) is 12.6. The molecule has 0 bridgehead atoms. The number of amides is 2. The Kier molecular flexibility index (Phi) is 9.55. The second-order valence-electron chi connectivity index (χ2n) is 8.80. The number of carbonyl (C=O) groups is 3. The van der Waals surface area contributed by atoms with Gasteiger partial charge in [-0.3, -0.25) is 14.4 Å². The fourth-order valence-electron chi connectivity index (χ4n) is 4.17. The van der Waals surface area contributed by atoms with Crippen LogP contribution in [0.25, 0.3) is 0 Å². The summed E-state index contributed by atoms with van der Waals surface area (Å²) >= 11 is 6.00. The summed E-state index contributed by atoms with van der Waals surface area (Å²) in [5, 5.41) is 6.24. The molecule has 1 aliphatic rings. The minimum Gasteiger partial charge on any atom is -0.490 e. The van der Waals surface area contributed by atoms with Crippen LogP contribution in [0.2, 0.25) is 5.02 Å². The molecule has 0 heterocycles. The highest BCUT2D eigenvalue weighted by Gasteiger charge is 2.28. The van der Waals surface area contributed by atoms with Crippen LogP contribution in [0.5, 0.6) is 5.75 Å². The molecule has 2 amide bonds. The molecular weight excluding hydrogens is 468 g/mol. The normalized spacial score (nSPS) is 17.4. The van der Waals surface area contributed by atoms with Gasteiger partial charge in [0.2, 0.25) is 0 Å². The van der Waals surface area contributed by atoms with Gasteiger partial charge in [-0.05, 0) is 94.0 Å². The molecule has 0 spiro atoms. The number of esters is 1. The minimum atomic E-state index is -0.215. The summed E-state index contributed by atoms with van der Waals surface area (Å²) < 4.78 is 11.2. The summed E-state index contributed by atoms with van der Waals surface area (Å²) in [5.41, 5.74) is 2.72. The van der Waals surface area contributed by atoms with Crippen LogP contribution in [0.1, 0.15) is 64.4 Å². The number of carbonyl (C=O) groups excluding carboxylic acids is 3. The van der Waals surface area contributed by atoms with Gasteiger partial charge in [0.15, 0.2) is 0 Å². The lowest BCUT2D eigenvalue weighted by atomic mass is 9.87. The molecule has 0 saturated heterocycles. The molecular formula is C27H33ClN2O5. The Morgan fingerprint density at radius 2 is 1.60 bits per heavy atom. The number of hydrogen-bond acceptors (Lipinski definition) is 5. The molecule has 0 aromatic heterocycles. The fourth-order valence-corrected chi connectivity index (χ4v) is 4.29. The van der Waals surface area contributed by atoms with Gasteiger partial charge < -0.3 is 20.1 Å². The third-order valence-corrected chi connectivity index (χ3v) is 6.58. The van der Waals surface area contributed by atoms with Crippen molar-refractivity contribution in [1.29, 1.82) is 0 Å². The molecule has 0 radical (unpaired) electrons. The van der Waals surface area contributed by atoms with Gasteiger partial charge in [-0.15, -0.1) is 0 Å². The molecule has 8 heteroatoms. The van der Waals surface area contributed by atoms with Gasteiger partial charge in [-0.1, -0.05) is 11.6 Å². The van der Waals surface area contributed by atoms with E-state index in [1.54, 1.807) is 30.3 Å². The van der Waals surface area contributed by atoms with Crippen LogP contribution >= 0.6 is 11.6 Å². The first-order valence-electron chi connectivity index (χ1n) is 12.0. The lowest BCUT2D eigenvalue weighted by molar-refractivity contribution is -0.149. The van der Waals surface area contributed by atoms with Gasteiger partial charge in [0, 0.05) is 29.2 Å². The summed E-state index contributed by atoms with van der Waals surface area (Å²) in [7, 11) is 0. The molecule has 3 rings (SSSR count). The number of ether oxygens (including phenoxy) is 2. The van der Waals surface area contributed by atoms with E-state index in [4.69, 9.17) is 21.1 Å². The van der Waals surface area contributed by atoms with Crippen LogP contribution in [-0.2, 0) is 9.53 Å². The molecule has 35 heavy (non-hydrogen) atoms. The second-order valence-corrected chi connectivity index (χ2v) is 9.20. The molecule has 1 fully saturated rings. The van der Waals surface area contributed by atoms with Crippen molar-refractivity contribution in [1.82, 2.24) is 10.6 Å². The summed E-state index contributed by atoms with van der Waals surface area (Å²) in [4.78, 5) is 36.7. The van der Waals surface area contributed by atoms with Gasteiger partial charge in [0.05, 0.1) is 18.6 Å². The van der Waals surface area contributed by atoms with Crippen molar-refractivity contribution in [3.8, 4) is 5.75 Å². The van der Waals surface area contributed by atoms with Crippen LogP contribution in [0.15, 0.2) is 36.4 Å². The zero-order valence-corrected chi connectivity index (χ0v) is 21.2. The number of halogens is 1. The Morgan fingerprint density at radius 1 is 0.914 bits per heavy atom. The van der Waals surface area contributed by atoms with E-state index in [2.05, 4.69) is 10.6 Å². The van der Waals surface area contributed by atoms with Crippen molar-refractivity contribution in [3.05, 3.63) is 63.7 Å². The van der Waals surface area contributed by atoms with Crippen molar-refractivity contribution in [3.63, 3.8) is 0 Å². The summed E-state index contributed by atoms with van der Waals surface area (Å²) in [6.07, 6.45) is 3.17. The van der Waals surface area contributed by atoms with E-state index in [1.807, 2.05) is 26.8 Å². The van der Waals surface area contributed by atoms with Crippen molar-refractivity contribution >= 4 is 29.4 Å². The van der Waals surface area contributed by atoms with E-state index in [-0.39, 0.29) is 29.8 Å². The molecule has 2 aromatic carbocycles. The molecule has 7 nitrogen and oxygen atoms in total. The first-order chi connectivity index (χ1) is 16.8. The maximum Gasteiger partial charge on any atom is 0.308 e. The van der Waals surface area contributed by atoms with Gasteiger partial charge >= 0.3 is 5.97 Å². The summed E-state index contributed by atoms with van der Waals surface area (Å²) in [5.74, 6) is 0.136. The number of hydrogen-bond donors (Lipinski definition) is 2. The highest BCUT2D eigenvalue weighted by atomic mass is 35.5. The van der Waals surface area contributed by atoms with Crippen LogP contribution in [0.3, 0.4) is 0 Å². The number of nitrogens with one attached hydrogen (secondary N) is 2. The zero-order valence-electron chi connectivity index (χ0n) is 20.5. The van der Waals surface area contributed by atoms with Crippen LogP contribution in [0.4, 0.5) is 0 Å². The smallest absolute Gasteiger partial charge is 0.308 e. The SMILES string of the molecule is CCOC(=O)C1CCC(Oc2ccc(C(=O)NCCNC(=O)c3ccc(Cl)c(C)c3)c(C)c2)CC1. The average Bonchev–Trinajstić information content (AvgIpc) is 2.84. The van der Waals surface area contributed by atoms with Crippen LogP contribution in [-0.4, -0.2) is 43.6 Å². The number of benzene rings is 2. The van der Waals surface area contributed by atoms with E-state index < -0.39 is 0 Å². The Balaban J connectivity index is 1.43. The molecule has 0 atom stereocenters. The predicted octanol–water partition coefficient (Wildman–Crippen LogP) is 4.62. The Bertz CT molecular complexity index is 1060. The standard InChI is InChI=1S/C27H33ClN2O5/c1-4-34-27(33)19-5-8-21(9-6-19)35-22-10-11-23(17(2)16-22)26(32)30-14-13-29-25(31)20-7-12-24(28)18(3)15-20/h7,10-12,15-16,19,21H,4-6,8-9,13-14H2,1-3H3,(H,29,31)(H,30,32). The van der Waals surface area contributed by atoms with E-state index in [0.29, 0.717) is 41.6 Å². The van der Waals surface area contributed by atoms with Gasteiger partial charge in [-0.2, -0.15) is 0 Å². The molecule has 1 saturated carbocycles. The highest BCUT2D eigenvalue weighted by Crippen LogP contribution is 2.29. The third-order valence-electron chi connectivity index (χ3n) is 6.16. The highest BCUT2D eigenvalue weighted by molar-refractivity contribution is 6.31.